The van der Waals surface area contributed by atoms with Crippen molar-refractivity contribution >= 4 is 23.8 Å². The van der Waals surface area contributed by atoms with Gasteiger partial charge in [-0.2, -0.15) is 0 Å². The molecular formula is C21H35NO6. The van der Waals surface area contributed by atoms with Gasteiger partial charge in [-0.25, -0.2) is 4.79 Å². The number of unbranched alkanes of at least 4 members (excludes halogenated alkanes) is 11. The van der Waals surface area contributed by atoms with Gasteiger partial charge in [0.15, 0.2) is 0 Å². The van der Waals surface area contributed by atoms with Gasteiger partial charge in [0.1, 0.15) is 6.04 Å². The summed E-state index contributed by atoms with van der Waals surface area (Å²) in [5, 5.41) is 11.2. The largest absolute Gasteiger partial charge is 0.481 e. The van der Waals surface area contributed by atoms with E-state index in [0.29, 0.717) is 12.8 Å². The van der Waals surface area contributed by atoms with Crippen LogP contribution in [0.25, 0.3) is 0 Å². The van der Waals surface area contributed by atoms with E-state index in [0.717, 1.165) is 38.5 Å². The molecule has 1 aliphatic heterocycles. The van der Waals surface area contributed by atoms with Crippen LogP contribution < -0.4 is 5.32 Å². The average molecular weight is 398 g/mol. The minimum Gasteiger partial charge on any atom is -0.481 e. The Hall–Kier alpha value is -1.92. The fourth-order valence-corrected chi connectivity index (χ4v) is 3.34. The second kappa shape index (κ2) is 15.1. The van der Waals surface area contributed by atoms with Crippen molar-refractivity contribution in [2.75, 3.05) is 0 Å². The number of carboxylic acid groups (broad SMARTS) is 1. The Balaban J connectivity index is 1.84. The first-order chi connectivity index (χ1) is 13.5. The molecule has 28 heavy (non-hydrogen) atoms. The van der Waals surface area contributed by atoms with E-state index >= 15 is 0 Å². The SMILES string of the molecule is O=C(O)CCCCCCCCCCCCCCC(=O)N[C@H]1CCC(=O)OC1=O. The summed E-state index contributed by atoms with van der Waals surface area (Å²) in [5.41, 5.74) is 0. The lowest BCUT2D eigenvalue weighted by Gasteiger charge is -2.20. The highest BCUT2D eigenvalue weighted by Gasteiger charge is 2.29. The van der Waals surface area contributed by atoms with Crippen molar-refractivity contribution in [1.29, 1.82) is 0 Å². The Labute approximate surface area is 167 Å². The summed E-state index contributed by atoms with van der Waals surface area (Å²) in [6.07, 6.45) is 14.3. The van der Waals surface area contributed by atoms with E-state index in [1.807, 2.05) is 0 Å². The minimum atomic E-state index is -0.702. The van der Waals surface area contributed by atoms with Gasteiger partial charge in [-0.3, -0.25) is 14.4 Å². The molecule has 1 aliphatic rings. The van der Waals surface area contributed by atoms with Crippen molar-refractivity contribution in [2.24, 2.45) is 0 Å². The quantitative estimate of drug-likeness (QED) is 0.232. The third-order valence-electron chi connectivity index (χ3n) is 5.02. The number of cyclic esters (lactones) is 2. The van der Waals surface area contributed by atoms with Gasteiger partial charge < -0.3 is 15.2 Å². The summed E-state index contributed by atoms with van der Waals surface area (Å²) in [6, 6.07) is -0.678. The lowest BCUT2D eigenvalue weighted by atomic mass is 10.0. The topological polar surface area (TPSA) is 110 Å². The molecule has 0 saturated carbocycles. The molecule has 1 amide bonds. The van der Waals surface area contributed by atoms with E-state index in [1.165, 1.54) is 38.5 Å². The van der Waals surface area contributed by atoms with Crippen LogP contribution in [0, 0.1) is 0 Å². The Bertz CT molecular complexity index is 505. The molecule has 0 aromatic heterocycles. The zero-order chi connectivity index (χ0) is 20.6. The van der Waals surface area contributed by atoms with Crippen LogP contribution in [-0.4, -0.2) is 35.0 Å². The number of esters is 2. The number of carbonyl (C=O) groups excluding carboxylic acids is 3. The number of hydrogen-bond donors (Lipinski definition) is 2. The molecule has 0 aliphatic carbocycles. The smallest absolute Gasteiger partial charge is 0.336 e. The van der Waals surface area contributed by atoms with Crippen molar-refractivity contribution < 1.29 is 29.0 Å². The van der Waals surface area contributed by atoms with E-state index in [4.69, 9.17) is 5.11 Å². The van der Waals surface area contributed by atoms with Crippen molar-refractivity contribution in [3.8, 4) is 0 Å². The van der Waals surface area contributed by atoms with Crippen LogP contribution in [-0.2, 0) is 23.9 Å². The highest BCUT2D eigenvalue weighted by molar-refractivity contribution is 5.93. The number of rotatable bonds is 16. The van der Waals surface area contributed by atoms with Crippen LogP contribution in [0.15, 0.2) is 0 Å². The third kappa shape index (κ3) is 12.5. The normalized spacial score (nSPS) is 16.6. The first kappa shape index (κ1) is 24.1. The summed E-state index contributed by atoms with van der Waals surface area (Å²) < 4.78 is 4.52. The maximum absolute atomic E-state index is 11.8. The van der Waals surface area contributed by atoms with E-state index < -0.39 is 23.9 Å². The molecule has 0 aromatic carbocycles. The fraction of sp³-hybridized carbons (Fsp3) is 0.810. The monoisotopic (exact) mass is 397 g/mol. The lowest BCUT2D eigenvalue weighted by molar-refractivity contribution is -0.166. The van der Waals surface area contributed by atoms with Crippen molar-refractivity contribution in [2.45, 2.75) is 109 Å². The van der Waals surface area contributed by atoms with E-state index in [-0.39, 0.29) is 18.7 Å². The third-order valence-corrected chi connectivity index (χ3v) is 5.02. The summed E-state index contributed by atoms with van der Waals surface area (Å²) in [5.74, 6) is -2.03. The zero-order valence-electron chi connectivity index (χ0n) is 16.9. The molecule has 0 unspecified atom stereocenters. The predicted octanol–water partition coefficient (Wildman–Crippen LogP) is 3.88. The van der Waals surface area contributed by atoms with Gasteiger partial charge in [-0.15, -0.1) is 0 Å². The molecule has 1 rings (SSSR count). The molecule has 7 nitrogen and oxygen atoms in total. The molecule has 0 radical (unpaired) electrons. The van der Waals surface area contributed by atoms with Crippen LogP contribution in [0.2, 0.25) is 0 Å². The van der Waals surface area contributed by atoms with E-state index in [1.54, 1.807) is 0 Å². The highest BCUT2D eigenvalue weighted by Crippen LogP contribution is 2.13. The molecule has 1 atom stereocenters. The minimum absolute atomic E-state index is 0.153. The predicted molar refractivity (Wildman–Crippen MR) is 105 cm³/mol. The molecule has 160 valence electrons. The van der Waals surface area contributed by atoms with Crippen molar-refractivity contribution in [3.63, 3.8) is 0 Å². The van der Waals surface area contributed by atoms with Gasteiger partial charge in [-0.05, 0) is 19.3 Å². The first-order valence-electron chi connectivity index (χ1n) is 10.7. The molecule has 1 saturated heterocycles. The maximum Gasteiger partial charge on any atom is 0.336 e. The second-order valence-electron chi connectivity index (χ2n) is 7.59. The van der Waals surface area contributed by atoms with Crippen LogP contribution >= 0.6 is 0 Å². The Kier molecular flexibility index (Phi) is 13.0. The van der Waals surface area contributed by atoms with Gasteiger partial charge in [0.25, 0.3) is 0 Å². The van der Waals surface area contributed by atoms with E-state index in [9.17, 15) is 19.2 Å². The van der Waals surface area contributed by atoms with Gasteiger partial charge in [-0.1, -0.05) is 64.2 Å². The number of carbonyl (C=O) groups is 4. The number of hydrogen-bond acceptors (Lipinski definition) is 5. The Morgan fingerprint density at radius 3 is 1.75 bits per heavy atom. The Morgan fingerprint density at radius 2 is 1.29 bits per heavy atom. The second-order valence-corrected chi connectivity index (χ2v) is 7.59. The number of aliphatic carboxylic acids is 1. The van der Waals surface area contributed by atoms with Crippen LogP contribution in [0.1, 0.15) is 103 Å². The number of carboxylic acids is 1. The van der Waals surface area contributed by atoms with Gasteiger partial charge in [0.05, 0.1) is 0 Å². The van der Waals surface area contributed by atoms with Crippen molar-refractivity contribution in [3.05, 3.63) is 0 Å². The van der Waals surface area contributed by atoms with Crippen LogP contribution in [0.3, 0.4) is 0 Å². The summed E-state index contributed by atoms with van der Waals surface area (Å²) in [6.45, 7) is 0. The molecule has 2 N–H and O–H groups in total. The fourth-order valence-electron chi connectivity index (χ4n) is 3.34. The maximum atomic E-state index is 11.8. The summed E-state index contributed by atoms with van der Waals surface area (Å²) >= 11 is 0. The lowest BCUT2D eigenvalue weighted by Crippen LogP contribution is -2.45. The molecule has 1 fully saturated rings. The first-order valence-corrected chi connectivity index (χ1v) is 10.7. The molecular weight excluding hydrogens is 362 g/mol. The summed E-state index contributed by atoms with van der Waals surface area (Å²) in [4.78, 5) is 44.7. The highest BCUT2D eigenvalue weighted by atomic mass is 16.6. The number of ether oxygens (including phenoxy) is 1. The molecule has 7 heteroatoms. The Morgan fingerprint density at radius 1 is 0.821 bits per heavy atom. The van der Waals surface area contributed by atoms with Gasteiger partial charge in [0, 0.05) is 19.3 Å². The molecule has 0 spiro atoms. The number of amides is 1. The summed E-state index contributed by atoms with van der Waals surface area (Å²) in [7, 11) is 0. The molecule has 0 bridgehead atoms. The van der Waals surface area contributed by atoms with Gasteiger partial charge in [0.2, 0.25) is 5.91 Å². The standard InChI is InChI=1S/C21H35NO6/c23-18(22-17-15-16-20(26)28-21(17)27)13-11-9-7-5-3-1-2-4-6-8-10-12-14-19(24)25/h17H,1-16H2,(H,22,23)(H,24,25)/t17-/m0/s1. The molecule has 1 heterocycles. The van der Waals surface area contributed by atoms with Crippen molar-refractivity contribution in [1.82, 2.24) is 5.32 Å². The van der Waals surface area contributed by atoms with Crippen LogP contribution in [0.4, 0.5) is 0 Å². The van der Waals surface area contributed by atoms with Crippen LogP contribution in [0.5, 0.6) is 0 Å². The number of nitrogens with one attached hydrogen (secondary N) is 1. The van der Waals surface area contributed by atoms with Gasteiger partial charge >= 0.3 is 17.9 Å². The molecule has 0 aromatic rings. The van der Waals surface area contributed by atoms with E-state index in [2.05, 4.69) is 10.1 Å². The zero-order valence-corrected chi connectivity index (χ0v) is 16.9. The average Bonchev–Trinajstić information content (AvgIpc) is 2.64.